The van der Waals surface area contributed by atoms with Crippen molar-refractivity contribution in [3.63, 3.8) is 0 Å². The van der Waals surface area contributed by atoms with E-state index in [0.29, 0.717) is 0 Å². The van der Waals surface area contributed by atoms with Crippen LogP contribution in [0.3, 0.4) is 0 Å². The van der Waals surface area contributed by atoms with Crippen LogP contribution in [-0.2, 0) is 0 Å². The second kappa shape index (κ2) is 12.8. The Labute approximate surface area is 114 Å². The zero-order valence-corrected chi connectivity index (χ0v) is 13.0. The highest BCUT2D eigenvalue weighted by Crippen LogP contribution is 2.08. The first-order valence-electron chi connectivity index (χ1n) is 7.74. The fourth-order valence-electron chi connectivity index (χ4n) is 1.99. The number of nitrogens with zero attached hydrogens (tertiary/aromatic N) is 2. The van der Waals surface area contributed by atoms with Crippen molar-refractivity contribution in [3.8, 4) is 0 Å². The molecule has 0 rings (SSSR count). The lowest BCUT2D eigenvalue weighted by Gasteiger charge is -2.03. The number of unbranched alkanes of at least 4 members (excludes halogenated alkanes) is 6. The molecule has 106 valence electrons. The van der Waals surface area contributed by atoms with E-state index in [9.17, 15) is 0 Å². The van der Waals surface area contributed by atoms with E-state index >= 15 is 0 Å². The zero-order valence-electron chi connectivity index (χ0n) is 13.0. The average molecular weight is 252 g/mol. The van der Waals surface area contributed by atoms with Crippen LogP contribution in [0.1, 0.15) is 85.0 Å². The SMILES string of the molecule is CCCCCCCCC(C)=NC(CCCC)=NC. The summed E-state index contributed by atoms with van der Waals surface area (Å²) in [6.45, 7) is 6.61. The molecular formula is C16H32N2. The van der Waals surface area contributed by atoms with Gasteiger partial charge >= 0.3 is 0 Å². The van der Waals surface area contributed by atoms with Crippen molar-refractivity contribution in [1.29, 1.82) is 0 Å². The minimum Gasteiger partial charge on any atom is -0.274 e. The van der Waals surface area contributed by atoms with Crippen LogP contribution in [0.15, 0.2) is 9.98 Å². The van der Waals surface area contributed by atoms with Gasteiger partial charge in [0.25, 0.3) is 0 Å². The van der Waals surface area contributed by atoms with Crippen LogP contribution in [0.2, 0.25) is 0 Å². The molecule has 0 saturated heterocycles. The molecule has 0 aromatic rings. The number of hydrogen-bond acceptors (Lipinski definition) is 1. The maximum Gasteiger partial charge on any atom is 0.122 e. The lowest BCUT2D eigenvalue weighted by molar-refractivity contribution is 0.615. The van der Waals surface area contributed by atoms with E-state index in [2.05, 4.69) is 30.8 Å². The van der Waals surface area contributed by atoms with Crippen molar-refractivity contribution in [2.24, 2.45) is 9.98 Å². The van der Waals surface area contributed by atoms with Crippen LogP contribution in [-0.4, -0.2) is 18.6 Å². The van der Waals surface area contributed by atoms with Gasteiger partial charge in [-0.2, -0.15) is 0 Å². The number of amidine groups is 1. The highest BCUT2D eigenvalue weighted by Gasteiger charge is 1.98. The Bertz CT molecular complexity index is 241. The first-order valence-corrected chi connectivity index (χ1v) is 7.74. The monoisotopic (exact) mass is 252 g/mol. The Kier molecular flexibility index (Phi) is 12.3. The fourth-order valence-corrected chi connectivity index (χ4v) is 1.99. The maximum absolute atomic E-state index is 4.63. The van der Waals surface area contributed by atoms with Gasteiger partial charge in [0.15, 0.2) is 0 Å². The lowest BCUT2D eigenvalue weighted by Crippen LogP contribution is -2.00. The van der Waals surface area contributed by atoms with Crippen LogP contribution in [0.4, 0.5) is 0 Å². The summed E-state index contributed by atoms with van der Waals surface area (Å²) in [4.78, 5) is 8.90. The van der Waals surface area contributed by atoms with E-state index < -0.39 is 0 Å². The third-order valence-corrected chi connectivity index (χ3v) is 3.22. The van der Waals surface area contributed by atoms with E-state index in [1.807, 2.05) is 7.05 Å². The van der Waals surface area contributed by atoms with Crippen molar-refractivity contribution in [2.75, 3.05) is 7.05 Å². The second-order valence-corrected chi connectivity index (χ2v) is 5.11. The highest BCUT2D eigenvalue weighted by molar-refractivity contribution is 5.96. The van der Waals surface area contributed by atoms with Gasteiger partial charge in [-0.1, -0.05) is 52.4 Å². The number of hydrogen-bond donors (Lipinski definition) is 0. The molecule has 2 heteroatoms. The first kappa shape index (κ1) is 17.3. The highest BCUT2D eigenvalue weighted by atomic mass is 14.9. The van der Waals surface area contributed by atoms with Gasteiger partial charge in [0, 0.05) is 19.2 Å². The third kappa shape index (κ3) is 10.5. The lowest BCUT2D eigenvalue weighted by atomic mass is 10.1. The molecular weight excluding hydrogens is 220 g/mol. The molecule has 0 aromatic heterocycles. The summed E-state index contributed by atoms with van der Waals surface area (Å²) < 4.78 is 0. The van der Waals surface area contributed by atoms with Crippen molar-refractivity contribution >= 4 is 11.5 Å². The van der Waals surface area contributed by atoms with Gasteiger partial charge in [-0.3, -0.25) is 4.99 Å². The molecule has 0 aliphatic heterocycles. The van der Waals surface area contributed by atoms with E-state index in [1.165, 1.54) is 57.1 Å². The smallest absolute Gasteiger partial charge is 0.122 e. The molecule has 0 radical (unpaired) electrons. The van der Waals surface area contributed by atoms with Crippen LogP contribution in [0, 0.1) is 0 Å². The summed E-state index contributed by atoms with van der Waals surface area (Å²) in [5, 5.41) is 0. The summed E-state index contributed by atoms with van der Waals surface area (Å²) in [5.41, 5.74) is 1.25. The standard InChI is InChI=1S/C16H32N2/c1-5-7-9-10-11-12-13-15(3)18-16(17-4)14-8-6-2/h5-14H2,1-4H3. The zero-order chi connectivity index (χ0) is 13.6. The number of rotatable bonds is 10. The molecule has 0 amide bonds. The largest absolute Gasteiger partial charge is 0.274 e. The number of aliphatic imine (C=N–C) groups is 2. The van der Waals surface area contributed by atoms with Crippen molar-refractivity contribution in [1.82, 2.24) is 0 Å². The summed E-state index contributed by atoms with van der Waals surface area (Å²) in [6, 6.07) is 0. The molecule has 2 nitrogen and oxygen atoms in total. The average Bonchev–Trinajstić information content (AvgIpc) is 2.38. The molecule has 0 aliphatic rings. The second-order valence-electron chi connectivity index (χ2n) is 5.11. The van der Waals surface area contributed by atoms with Gasteiger partial charge in [0.05, 0.1) is 0 Å². The van der Waals surface area contributed by atoms with Crippen LogP contribution in [0.25, 0.3) is 0 Å². The van der Waals surface area contributed by atoms with Crippen molar-refractivity contribution in [2.45, 2.75) is 85.0 Å². The molecule has 0 heterocycles. The Morgan fingerprint density at radius 2 is 1.39 bits per heavy atom. The molecule has 0 fully saturated rings. The van der Waals surface area contributed by atoms with Gasteiger partial charge in [-0.15, -0.1) is 0 Å². The minimum atomic E-state index is 1.03. The maximum atomic E-state index is 4.63. The Morgan fingerprint density at radius 1 is 0.778 bits per heavy atom. The van der Waals surface area contributed by atoms with Crippen LogP contribution >= 0.6 is 0 Å². The van der Waals surface area contributed by atoms with E-state index in [1.54, 1.807) is 0 Å². The predicted molar refractivity (Wildman–Crippen MR) is 84.0 cm³/mol. The van der Waals surface area contributed by atoms with Crippen molar-refractivity contribution in [3.05, 3.63) is 0 Å². The van der Waals surface area contributed by atoms with Crippen LogP contribution in [0.5, 0.6) is 0 Å². The Morgan fingerprint density at radius 3 is 2.00 bits per heavy atom. The summed E-state index contributed by atoms with van der Waals surface area (Å²) in [7, 11) is 1.85. The molecule has 0 N–H and O–H groups in total. The van der Waals surface area contributed by atoms with Gasteiger partial charge in [0.1, 0.15) is 5.84 Å². The minimum absolute atomic E-state index is 1.03. The summed E-state index contributed by atoms with van der Waals surface area (Å²) in [5.74, 6) is 1.03. The topological polar surface area (TPSA) is 24.7 Å². The molecule has 0 bridgehead atoms. The molecule has 18 heavy (non-hydrogen) atoms. The molecule has 0 aromatic carbocycles. The van der Waals surface area contributed by atoms with E-state index in [-0.39, 0.29) is 0 Å². The predicted octanol–water partition coefficient (Wildman–Crippen LogP) is 5.42. The van der Waals surface area contributed by atoms with E-state index in [0.717, 1.165) is 18.7 Å². The summed E-state index contributed by atoms with van der Waals surface area (Å²) in [6.07, 6.45) is 12.7. The Hall–Kier alpha value is -0.660. The third-order valence-electron chi connectivity index (χ3n) is 3.22. The van der Waals surface area contributed by atoms with E-state index in [4.69, 9.17) is 0 Å². The molecule has 0 saturated carbocycles. The molecule has 0 unspecified atom stereocenters. The quantitative estimate of drug-likeness (QED) is 0.282. The van der Waals surface area contributed by atoms with Gasteiger partial charge < -0.3 is 0 Å². The molecule has 0 aliphatic carbocycles. The summed E-state index contributed by atoms with van der Waals surface area (Å²) >= 11 is 0. The van der Waals surface area contributed by atoms with Gasteiger partial charge in [-0.05, 0) is 26.2 Å². The Balaban J connectivity index is 3.74. The van der Waals surface area contributed by atoms with Crippen LogP contribution < -0.4 is 0 Å². The molecule has 0 spiro atoms. The first-order chi connectivity index (χ1) is 8.74. The van der Waals surface area contributed by atoms with Gasteiger partial charge in [-0.25, -0.2) is 4.99 Å². The van der Waals surface area contributed by atoms with Crippen molar-refractivity contribution < 1.29 is 0 Å². The molecule has 0 atom stereocenters. The normalized spacial score (nSPS) is 13.1. The fraction of sp³-hybridized carbons (Fsp3) is 0.875. The van der Waals surface area contributed by atoms with Gasteiger partial charge in [0.2, 0.25) is 0 Å².